The summed E-state index contributed by atoms with van der Waals surface area (Å²) in [7, 11) is 0. The number of nitrogens with one attached hydrogen (secondary N) is 2. The molecule has 4 unspecified atom stereocenters. The van der Waals surface area contributed by atoms with Crippen LogP contribution in [0.25, 0.3) is 0 Å². The summed E-state index contributed by atoms with van der Waals surface area (Å²) in [4.78, 5) is 15.0. The van der Waals surface area contributed by atoms with Crippen LogP contribution in [0.3, 0.4) is 0 Å². The Bertz CT molecular complexity index is 982. The van der Waals surface area contributed by atoms with E-state index in [1.807, 2.05) is 51.1 Å². The summed E-state index contributed by atoms with van der Waals surface area (Å²) in [5, 5.41) is 20.2. The molecular formula is C24H31N3O5. The van der Waals surface area contributed by atoms with Gasteiger partial charge in [0, 0.05) is 18.0 Å². The van der Waals surface area contributed by atoms with Crippen molar-refractivity contribution in [3.05, 3.63) is 53.1 Å². The van der Waals surface area contributed by atoms with Crippen molar-refractivity contribution in [2.45, 2.75) is 38.9 Å². The number of fused-ring (bicyclic) bond motifs is 1. The summed E-state index contributed by atoms with van der Waals surface area (Å²) < 4.78 is 11.5. The fourth-order valence-corrected chi connectivity index (χ4v) is 4.90. The number of aromatic hydroxyl groups is 1. The fraction of sp³-hybridized carbons (Fsp3) is 0.458. The average molecular weight is 442 g/mol. The van der Waals surface area contributed by atoms with E-state index in [0.29, 0.717) is 24.7 Å². The van der Waals surface area contributed by atoms with Crippen molar-refractivity contribution in [2.75, 3.05) is 26.4 Å². The molecule has 2 heterocycles. The lowest BCUT2D eigenvalue weighted by Gasteiger charge is -2.31. The third-order valence-corrected chi connectivity index (χ3v) is 6.18. The fourth-order valence-electron chi connectivity index (χ4n) is 4.90. The Balaban J connectivity index is 1.79. The van der Waals surface area contributed by atoms with E-state index in [4.69, 9.17) is 9.47 Å². The Morgan fingerprint density at radius 1 is 1.00 bits per heavy atom. The van der Waals surface area contributed by atoms with Crippen molar-refractivity contribution in [1.29, 1.82) is 0 Å². The number of aliphatic hydroxyl groups is 1. The van der Waals surface area contributed by atoms with E-state index < -0.39 is 6.04 Å². The number of carbonyl (C=O) groups excluding carboxylic acids is 1. The van der Waals surface area contributed by atoms with E-state index in [-0.39, 0.29) is 42.8 Å². The van der Waals surface area contributed by atoms with Crippen LogP contribution in [0.15, 0.2) is 36.4 Å². The lowest BCUT2D eigenvalue weighted by Crippen LogP contribution is -2.42. The maximum Gasteiger partial charge on any atom is 0.242 e. The topological polar surface area (TPSA) is 103 Å². The van der Waals surface area contributed by atoms with Crippen LogP contribution in [0.2, 0.25) is 0 Å². The van der Waals surface area contributed by atoms with Crippen LogP contribution in [0.4, 0.5) is 0 Å². The van der Waals surface area contributed by atoms with Crippen LogP contribution in [0.1, 0.15) is 42.6 Å². The standard InChI is InChI=1S/C24H31N3O5/c1-4-31-18-9-7-15(13-19(18)32-5-2)23-20-21(16-12-14(3)6-8-17(16)29)25-26-22(20)24(30)27(23)10-11-28/h6-9,12-13,20-23,25-26,28-29H,4-5,10-11H2,1-3H3. The van der Waals surface area contributed by atoms with E-state index >= 15 is 0 Å². The normalized spacial score (nSPS) is 24.6. The highest BCUT2D eigenvalue weighted by molar-refractivity contribution is 5.86. The zero-order valence-electron chi connectivity index (χ0n) is 18.7. The summed E-state index contributed by atoms with van der Waals surface area (Å²) >= 11 is 0. The van der Waals surface area contributed by atoms with E-state index in [0.717, 1.165) is 16.7 Å². The number of phenolic OH excluding ortho intramolecular Hbond substituents is 1. The van der Waals surface area contributed by atoms with Crippen LogP contribution in [0, 0.1) is 12.8 Å². The molecular weight excluding hydrogens is 410 g/mol. The maximum absolute atomic E-state index is 13.3. The Hall–Kier alpha value is -2.81. The van der Waals surface area contributed by atoms with Gasteiger partial charge in [0.2, 0.25) is 5.91 Å². The number of aryl methyl sites for hydroxylation is 1. The highest BCUT2D eigenvalue weighted by Crippen LogP contribution is 2.49. The molecule has 8 heteroatoms. The molecule has 4 atom stereocenters. The van der Waals surface area contributed by atoms with Gasteiger partial charge < -0.3 is 24.6 Å². The Kier molecular flexibility index (Phi) is 6.55. The van der Waals surface area contributed by atoms with Crippen molar-refractivity contribution < 1.29 is 24.5 Å². The largest absolute Gasteiger partial charge is 0.508 e. The average Bonchev–Trinajstić information content (AvgIpc) is 3.31. The summed E-state index contributed by atoms with van der Waals surface area (Å²) in [6.45, 7) is 6.90. The second-order valence-electron chi connectivity index (χ2n) is 8.16. The molecule has 0 spiro atoms. The number of carbonyl (C=O) groups is 1. The van der Waals surface area contributed by atoms with Gasteiger partial charge in [0.1, 0.15) is 11.8 Å². The number of hydrazine groups is 1. The molecule has 2 aliphatic heterocycles. The van der Waals surface area contributed by atoms with Crippen LogP contribution < -0.4 is 20.3 Å². The van der Waals surface area contributed by atoms with E-state index in [1.165, 1.54) is 0 Å². The van der Waals surface area contributed by atoms with E-state index in [2.05, 4.69) is 10.9 Å². The van der Waals surface area contributed by atoms with E-state index in [1.54, 1.807) is 11.0 Å². The van der Waals surface area contributed by atoms with Crippen LogP contribution >= 0.6 is 0 Å². The van der Waals surface area contributed by atoms with Crippen molar-refractivity contribution in [3.8, 4) is 17.2 Å². The third-order valence-electron chi connectivity index (χ3n) is 6.18. The molecule has 8 nitrogen and oxygen atoms in total. The molecule has 0 bridgehead atoms. The second kappa shape index (κ2) is 9.36. The first kappa shape index (κ1) is 22.4. The summed E-state index contributed by atoms with van der Waals surface area (Å²) in [6.07, 6.45) is 0. The number of phenols is 1. The Morgan fingerprint density at radius 2 is 1.72 bits per heavy atom. The molecule has 2 saturated heterocycles. The molecule has 0 aliphatic carbocycles. The third kappa shape index (κ3) is 3.90. The molecule has 172 valence electrons. The number of nitrogens with zero attached hydrogens (tertiary/aromatic N) is 1. The molecule has 0 aromatic heterocycles. The molecule has 4 rings (SSSR count). The first-order valence-corrected chi connectivity index (χ1v) is 11.1. The minimum atomic E-state index is -0.474. The molecule has 2 fully saturated rings. The predicted octanol–water partition coefficient (Wildman–Crippen LogP) is 2.21. The zero-order valence-corrected chi connectivity index (χ0v) is 18.7. The quantitative estimate of drug-likeness (QED) is 0.498. The molecule has 0 radical (unpaired) electrons. The van der Waals surface area contributed by atoms with Crippen molar-refractivity contribution in [3.63, 3.8) is 0 Å². The minimum Gasteiger partial charge on any atom is -0.508 e. The van der Waals surface area contributed by atoms with Gasteiger partial charge in [-0.1, -0.05) is 23.8 Å². The number of likely N-dealkylation sites (tertiary alicyclic amines) is 1. The van der Waals surface area contributed by atoms with Gasteiger partial charge in [0.05, 0.1) is 31.9 Å². The highest BCUT2D eigenvalue weighted by Gasteiger charge is 2.55. The highest BCUT2D eigenvalue weighted by atomic mass is 16.5. The lowest BCUT2D eigenvalue weighted by atomic mass is 9.82. The zero-order chi connectivity index (χ0) is 22.8. The van der Waals surface area contributed by atoms with Crippen LogP contribution in [-0.2, 0) is 4.79 Å². The molecule has 2 aromatic rings. The minimum absolute atomic E-state index is 0.0805. The molecule has 32 heavy (non-hydrogen) atoms. The Labute approximate surface area is 188 Å². The van der Waals surface area contributed by atoms with Crippen molar-refractivity contribution in [2.24, 2.45) is 5.92 Å². The first-order valence-electron chi connectivity index (χ1n) is 11.1. The molecule has 1 amide bonds. The number of rotatable bonds is 8. The predicted molar refractivity (Wildman–Crippen MR) is 119 cm³/mol. The van der Waals surface area contributed by atoms with Gasteiger partial charge >= 0.3 is 0 Å². The monoisotopic (exact) mass is 441 g/mol. The molecule has 4 N–H and O–H groups in total. The Morgan fingerprint density at radius 3 is 2.44 bits per heavy atom. The number of β-amino-alcohol motifs (C(OH)–C–C–N with tert-alkyl or cyclic N) is 1. The molecule has 2 aromatic carbocycles. The second-order valence-corrected chi connectivity index (χ2v) is 8.16. The summed E-state index contributed by atoms with van der Waals surface area (Å²) in [5.41, 5.74) is 9.03. The van der Waals surface area contributed by atoms with Gasteiger partial charge in [0.25, 0.3) is 0 Å². The lowest BCUT2D eigenvalue weighted by molar-refractivity contribution is -0.131. The van der Waals surface area contributed by atoms with Crippen molar-refractivity contribution in [1.82, 2.24) is 15.8 Å². The molecule has 0 saturated carbocycles. The smallest absolute Gasteiger partial charge is 0.242 e. The number of hydrogen-bond donors (Lipinski definition) is 4. The van der Waals surface area contributed by atoms with Crippen molar-refractivity contribution >= 4 is 5.91 Å². The van der Waals surface area contributed by atoms with Gasteiger partial charge in [-0.3, -0.25) is 4.79 Å². The van der Waals surface area contributed by atoms with Crippen LogP contribution in [0.5, 0.6) is 17.2 Å². The number of hydrogen-bond acceptors (Lipinski definition) is 7. The number of amides is 1. The first-order chi connectivity index (χ1) is 15.5. The number of benzene rings is 2. The van der Waals surface area contributed by atoms with Gasteiger partial charge in [0.15, 0.2) is 11.5 Å². The summed E-state index contributed by atoms with van der Waals surface area (Å²) in [6, 6.07) is 10.1. The number of aliphatic hydroxyl groups excluding tert-OH is 1. The van der Waals surface area contributed by atoms with Gasteiger partial charge in [-0.2, -0.15) is 0 Å². The molecule has 2 aliphatic rings. The van der Waals surface area contributed by atoms with Gasteiger partial charge in [-0.05, 0) is 44.5 Å². The number of ether oxygens (including phenoxy) is 2. The van der Waals surface area contributed by atoms with Gasteiger partial charge in [-0.25, -0.2) is 10.9 Å². The van der Waals surface area contributed by atoms with Crippen LogP contribution in [-0.4, -0.2) is 53.4 Å². The maximum atomic E-state index is 13.3. The van der Waals surface area contributed by atoms with E-state index in [9.17, 15) is 15.0 Å². The SMILES string of the molecule is CCOc1ccc(C2C3C(NNC3c3cc(C)ccc3O)C(=O)N2CCO)cc1OCC. The van der Waals surface area contributed by atoms with Gasteiger partial charge in [-0.15, -0.1) is 0 Å². The summed E-state index contributed by atoms with van der Waals surface area (Å²) in [5.74, 6) is 1.19.